The van der Waals surface area contributed by atoms with Gasteiger partial charge in [-0.3, -0.25) is 14.6 Å². The van der Waals surface area contributed by atoms with Crippen molar-refractivity contribution in [3.63, 3.8) is 0 Å². The molecule has 1 saturated heterocycles. The zero-order chi connectivity index (χ0) is 13.7. The second kappa shape index (κ2) is 6.29. The lowest BCUT2D eigenvalue weighted by atomic mass is 10.3. The Balaban J connectivity index is 1.88. The van der Waals surface area contributed by atoms with Crippen molar-refractivity contribution in [2.45, 2.75) is 6.92 Å². The van der Waals surface area contributed by atoms with Gasteiger partial charge in [-0.05, 0) is 18.7 Å². The minimum absolute atomic E-state index is 0.473. The highest BCUT2D eigenvalue weighted by Gasteiger charge is 2.25. The number of carbonyl (C=O) groups is 2. The molecule has 0 radical (unpaired) electrons. The molecule has 1 N–H and O–H groups in total. The predicted octanol–water partition coefficient (Wildman–Crippen LogP) is 0.184. The van der Waals surface area contributed by atoms with E-state index in [4.69, 9.17) is 0 Å². The van der Waals surface area contributed by atoms with Crippen molar-refractivity contribution in [3.8, 4) is 0 Å². The summed E-state index contributed by atoms with van der Waals surface area (Å²) in [4.78, 5) is 31.5. The van der Waals surface area contributed by atoms with Crippen LogP contribution >= 0.6 is 0 Å². The lowest BCUT2D eigenvalue weighted by Crippen LogP contribution is -2.51. The summed E-state index contributed by atoms with van der Waals surface area (Å²) >= 11 is 0. The summed E-state index contributed by atoms with van der Waals surface area (Å²) in [6, 6.07) is 3.41. The average Bonchev–Trinajstić information content (AvgIpc) is 2.47. The minimum Gasteiger partial charge on any atom is -0.332 e. The van der Waals surface area contributed by atoms with E-state index >= 15 is 0 Å². The minimum atomic E-state index is -0.599. The normalized spacial score (nSPS) is 16.2. The first-order valence-electron chi connectivity index (χ1n) is 6.43. The molecule has 0 atom stereocenters. The van der Waals surface area contributed by atoms with Gasteiger partial charge < -0.3 is 15.1 Å². The van der Waals surface area contributed by atoms with Crippen LogP contribution < -0.4 is 5.32 Å². The highest BCUT2D eigenvalue weighted by molar-refractivity contribution is 6.39. The first-order valence-corrected chi connectivity index (χ1v) is 6.43. The number of nitrogens with zero attached hydrogens (tertiary/aromatic N) is 3. The third-order valence-electron chi connectivity index (χ3n) is 3.22. The van der Waals surface area contributed by atoms with Gasteiger partial charge in [0.25, 0.3) is 0 Å². The molecule has 6 heteroatoms. The Hall–Kier alpha value is -1.95. The third-order valence-corrected chi connectivity index (χ3v) is 3.22. The van der Waals surface area contributed by atoms with Gasteiger partial charge in [-0.2, -0.15) is 0 Å². The summed E-state index contributed by atoms with van der Waals surface area (Å²) in [5.41, 5.74) is 0.535. The van der Waals surface area contributed by atoms with E-state index < -0.39 is 11.8 Å². The molecule has 19 heavy (non-hydrogen) atoms. The van der Waals surface area contributed by atoms with Crippen molar-refractivity contribution in [1.29, 1.82) is 0 Å². The molecular formula is C13H18N4O2. The van der Waals surface area contributed by atoms with Crippen LogP contribution in [0.2, 0.25) is 0 Å². The number of rotatable bonds is 2. The van der Waals surface area contributed by atoms with Gasteiger partial charge in [-0.25, -0.2) is 0 Å². The van der Waals surface area contributed by atoms with E-state index in [9.17, 15) is 9.59 Å². The van der Waals surface area contributed by atoms with E-state index in [0.29, 0.717) is 18.8 Å². The van der Waals surface area contributed by atoms with Crippen LogP contribution in [0, 0.1) is 0 Å². The van der Waals surface area contributed by atoms with Crippen molar-refractivity contribution in [2.24, 2.45) is 0 Å². The standard InChI is InChI=1S/C13H18N4O2/c1-2-16-6-8-17(9-7-16)13(19)12(18)15-11-4-3-5-14-10-11/h3-5,10H,2,6-9H2,1H3,(H,15,18). The van der Waals surface area contributed by atoms with Crippen LogP contribution in [0.25, 0.3) is 0 Å². The van der Waals surface area contributed by atoms with E-state index in [1.807, 2.05) is 0 Å². The molecule has 1 fully saturated rings. The first-order chi connectivity index (χ1) is 9.20. The van der Waals surface area contributed by atoms with Crippen LogP contribution in [-0.4, -0.2) is 59.3 Å². The fourth-order valence-corrected chi connectivity index (χ4v) is 2.03. The molecule has 0 aliphatic carbocycles. The molecule has 0 unspecified atom stereocenters. The van der Waals surface area contributed by atoms with E-state index in [1.165, 1.54) is 6.20 Å². The molecular weight excluding hydrogens is 244 g/mol. The maximum Gasteiger partial charge on any atom is 0.313 e. The van der Waals surface area contributed by atoms with Crippen molar-refractivity contribution >= 4 is 17.5 Å². The van der Waals surface area contributed by atoms with Crippen LogP contribution in [0.15, 0.2) is 24.5 Å². The molecule has 1 aromatic heterocycles. The third kappa shape index (κ3) is 3.51. The molecule has 0 aromatic carbocycles. The molecule has 0 saturated carbocycles. The Kier molecular flexibility index (Phi) is 4.46. The molecule has 2 amide bonds. The zero-order valence-corrected chi connectivity index (χ0v) is 11.0. The van der Waals surface area contributed by atoms with E-state index in [1.54, 1.807) is 23.2 Å². The van der Waals surface area contributed by atoms with Crippen molar-refractivity contribution in [1.82, 2.24) is 14.8 Å². The highest BCUT2D eigenvalue weighted by Crippen LogP contribution is 2.05. The average molecular weight is 262 g/mol. The molecule has 102 valence electrons. The summed E-state index contributed by atoms with van der Waals surface area (Å²) in [6.45, 7) is 5.92. The molecule has 1 aliphatic heterocycles. The van der Waals surface area contributed by atoms with Crippen LogP contribution in [0.1, 0.15) is 6.92 Å². The number of nitrogens with one attached hydrogen (secondary N) is 1. The van der Waals surface area contributed by atoms with Gasteiger partial charge in [-0.15, -0.1) is 0 Å². The number of carbonyl (C=O) groups excluding carboxylic acids is 2. The van der Waals surface area contributed by atoms with Crippen LogP contribution in [0.5, 0.6) is 0 Å². The highest BCUT2D eigenvalue weighted by atomic mass is 16.2. The smallest absolute Gasteiger partial charge is 0.313 e. The van der Waals surface area contributed by atoms with Gasteiger partial charge in [0.05, 0.1) is 11.9 Å². The van der Waals surface area contributed by atoms with Crippen molar-refractivity contribution in [2.75, 3.05) is 38.0 Å². The number of pyridine rings is 1. The Labute approximate surface area is 112 Å². The summed E-state index contributed by atoms with van der Waals surface area (Å²) in [5, 5.41) is 2.56. The number of anilines is 1. The van der Waals surface area contributed by atoms with Gasteiger partial charge in [0.1, 0.15) is 0 Å². The monoisotopic (exact) mass is 262 g/mol. The van der Waals surface area contributed by atoms with E-state index in [0.717, 1.165) is 19.6 Å². The summed E-state index contributed by atoms with van der Waals surface area (Å²) in [7, 11) is 0. The van der Waals surface area contributed by atoms with Crippen LogP contribution in [-0.2, 0) is 9.59 Å². The number of likely N-dealkylation sites (N-methyl/N-ethyl adjacent to an activating group) is 1. The van der Waals surface area contributed by atoms with Crippen molar-refractivity contribution < 1.29 is 9.59 Å². The Morgan fingerprint density at radius 2 is 2.05 bits per heavy atom. The number of amides is 2. The number of piperazine rings is 1. The number of hydrogen-bond donors (Lipinski definition) is 1. The predicted molar refractivity (Wildman–Crippen MR) is 71.6 cm³/mol. The van der Waals surface area contributed by atoms with Crippen molar-refractivity contribution in [3.05, 3.63) is 24.5 Å². The van der Waals surface area contributed by atoms with E-state index in [2.05, 4.69) is 22.1 Å². The molecule has 6 nitrogen and oxygen atoms in total. The number of hydrogen-bond acceptors (Lipinski definition) is 4. The lowest BCUT2D eigenvalue weighted by Gasteiger charge is -2.33. The first kappa shape index (κ1) is 13.5. The molecule has 1 aliphatic rings. The topological polar surface area (TPSA) is 65.5 Å². The maximum atomic E-state index is 12.0. The second-order valence-corrected chi connectivity index (χ2v) is 4.42. The molecule has 0 bridgehead atoms. The Morgan fingerprint density at radius 1 is 1.32 bits per heavy atom. The van der Waals surface area contributed by atoms with Crippen LogP contribution in [0.4, 0.5) is 5.69 Å². The molecule has 2 heterocycles. The quantitative estimate of drug-likeness (QED) is 0.772. The Bertz CT molecular complexity index is 441. The largest absolute Gasteiger partial charge is 0.332 e. The zero-order valence-electron chi connectivity index (χ0n) is 11.0. The molecule has 2 rings (SSSR count). The number of aromatic nitrogens is 1. The summed E-state index contributed by atoms with van der Waals surface area (Å²) in [5.74, 6) is -1.07. The maximum absolute atomic E-state index is 12.0. The molecule has 1 aromatic rings. The SMILES string of the molecule is CCN1CCN(C(=O)C(=O)Nc2cccnc2)CC1. The Morgan fingerprint density at radius 3 is 2.63 bits per heavy atom. The molecule has 0 spiro atoms. The fraction of sp³-hybridized carbons (Fsp3) is 0.462. The lowest BCUT2D eigenvalue weighted by molar-refractivity contribution is -0.144. The summed E-state index contributed by atoms with van der Waals surface area (Å²) in [6.07, 6.45) is 3.13. The fourth-order valence-electron chi connectivity index (χ4n) is 2.03. The second-order valence-electron chi connectivity index (χ2n) is 4.42. The van der Waals surface area contributed by atoms with E-state index in [-0.39, 0.29) is 0 Å². The van der Waals surface area contributed by atoms with Gasteiger partial charge in [0.15, 0.2) is 0 Å². The van der Waals surface area contributed by atoms with Gasteiger partial charge in [-0.1, -0.05) is 6.92 Å². The van der Waals surface area contributed by atoms with Gasteiger partial charge in [0.2, 0.25) is 0 Å². The van der Waals surface area contributed by atoms with Gasteiger partial charge in [0, 0.05) is 32.4 Å². The van der Waals surface area contributed by atoms with Gasteiger partial charge >= 0.3 is 11.8 Å². The van der Waals surface area contributed by atoms with Crippen LogP contribution in [0.3, 0.4) is 0 Å². The summed E-state index contributed by atoms with van der Waals surface area (Å²) < 4.78 is 0.